The third-order valence-corrected chi connectivity index (χ3v) is 8.14. The standard InChI is InChI=1S/C26H24Cl2F3N7O3/c1-12-6-18-15(10-36(12)24(40)14-4-5-16(27)17(28)7-14)22-25(41)37(11-20(23(39)32-3)38(22)35-18)13(2)19-8-34-21(9-33-19)26(29,30)31/h4-5,7-9,12-13,20H,6,10-11H2,1-3H3,(H,32,39)/t12-,13-,20+/m1/s1. The van der Waals surface area contributed by atoms with Gasteiger partial charge < -0.3 is 15.1 Å². The summed E-state index contributed by atoms with van der Waals surface area (Å²) in [4.78, 5) is 50.6. The van der Waals surface area contributed by atoms with Crippen LogP contribution in [0.1, 0.15) is 69.4 Å². The van der Waals surface area contributed by atoms with Crippen LogP contribution in [0.4, 0.5) is 13.2 Å². The summed E-state index contributed by atoms with van der Waals surface area (Å²) in [6.45, 7) is 3.39. The predicted octanol–water partition coefficient (Wildman–Crippen LogP) is 4.09. The van der Waals surface area contributed by atoms with Gasteiger partial charge >= 0.3 is 6.18 Å². The lowest BCUT2D eigenvalue weighted by molar-refractivity contribution is -0.141. The summed E-state index contributed by atoms with van der Waals surface area (Å²) in [5, 5.41) is 7.73. The Bertz CT molecular complexity index is 1540. The molecule has 0 fully saturated rings. The van der Waals surface area contributed by atoms with Crippen LogP contribution in [0.2, 0.25) is 10.0 Å². The molecule has 0 bridgehead atoms. The van der Waals surface area contributed by atoms with Gasteiger partial charge in [0, 0.05) is 30.6 Å². The lowest BCUT2D eigenvalue weighted by atomic mass is 9.96. The van der Waals surface area contributed by atoms with E-state index in [9.17, 15) is 27.6 Å². The summed E-state index contributed by atoms with van der Waals surface area (Å²) in [5.41, 5.74) is 0.484. The first kappa shape index (κ1) is 28.8. The van der Waals surface area contributed by atoms with Crippen LogP contribution in [0.3, 0.4) is 0 Å². The first-order valence-electron chi connectivity index (χ1n) is 12.6. The van der Waals surface area contributed by atoms with E-state index in [0.717, 1.165) is 6.20 Å². The third kappa shape index (κ3) is 5.12. The van der Waals surface area contributed by atoms with Crippen molar-refractivity contribution in [3.8, 4) is 0 Å². The molecular formula is C26H24Cl2F3N7O3. The molecule has 2 aliphatic rings. The lowest BCUT2D eigenvalue weighted by Crippen LogP contribution is -2.49. The Balaban J connectivity index is 1.52. The number of fused-ring (bicyclic) bond motifs is 3. The average Bonchev–Trinajstić information content (AvgIpc) is 3.31. The molecule has 1 aromatic carbocycles. The van der Waals surface area contributed by atoms with E-state index in [1.165, 1.54) is 28.8 Å². The van der Waals surface area contributed by atoms with Gasteiger partial charge in [-0.3, -0.25) is 19.4 Å². The van der Waals surface area contributed by atoms with E-state index < -0.39 is 35.8 Å². The van der Waals surface area contributed by atoms with Gasteiger partial charge in [0.25, 0.3) is 11.8 Å². The van der Waals surface area contributed by atoms with Gasteiger partial charge in [-0.15, -0.1) is 0 Å². The van der Waals surface area contributed by atoms with Crippen LogP contribution >= 0.6 is 23.2 Å². The molecule has 0 spiro atoms. The fraction of sp³-hybridized carbons (Fsp3) is 0.385. The van der Waals surface area contributed by atoms with Crippen molar-refractivity contribution >= 4 is 40.9 Å². The molecule has 2 aliphatic heterocycles. The van der Waals surface area contributed by atoms with Crippen molar-refractivity contribution in [2.45, 2.75) is 51.1 Å². The number of halogens is 5. The summed E-state index contributed by atoms with van der Waals surface area (Å²) < 4.78 is 40.4. The Hall–Kier alpha value is -3.71. The van der Waals surface area contributed by atoms with Crippen molar-refractivity contribution in [2.75, 3.05) is 13.6 Å². The molecule has 216 valence electrons. The molecule has 0 radical (unpaired) electrons. The third-order valence-electron chi connectivity index (χ3n) is 7.40. The van der Waals surface area contributed by atoms with E-state index in [-0.39, 0.29) is 41.4 Å². The zero-order valence-corrected chi connectivity index (χ0v) is 23.5. The van der Waals surface area contributed by atoms with E-state index in [1.54, 1.807) is 17.9 Å². The van der Waals surface area contributed by atoms with Crippen LogP contribution in [0.25, 0.3) is 0 Å². The Morgan fingerprint density at radius 2 is 1.88 bits per heavy atom. The molecule has 3 atom stereocenters. The number of aromatic nitrogens is 4. The number of alkyl halides is 3. The van der Waals surface area contributed by atoms with E-state index >= 15 is 0 Å². The number of rotatable bonds is 4. The van der Waals surface area contributed by atoms with Gasteiger partial charge in [0.05, 0.1) is 53.0 Å². The number of amides is 3. The highest BCUT2D eigenvalue weighted by Gasteiger charge is 2.44. The van der Waals surface area contributed by atoms with Gasteiger partial charge in [0.2, 0.25) is 5.91 Å². The first-order chi connectivity index (χ1) is 19.3. The Labute approximate surface area is 242 Å². The molecule has 5 rings (SSSR count). The van der Waals surface area contributed by atoms with Crippen molar-refractivity contribution < 1.29 is 27.6 Å². The number of hydrogen-bond donors (Lipinski definition) is 1. The Morgan fingerprint density at radius 1 is 1.15 bits per heavy atom. The lowest BCUT2D eigenvalue weighted by Gasteiger charge is -2.37. The average molecular weight is 610 g/mol. The number of benzene rings is 1. The zero-order valence-electron chi connectivity index (χ0n) is 22.0. The monoisotopic (exact) mass is 609 g/mol. The minimum atomic E-state index is -4.66. The van der Waals surface area contributed by atoms with Crippen LogP contribution in [-0.2, 0) is 23.9 Å². The number of likely N-dealkylation sites (N-methyl/N-ethyl adjacent to an activating group) is 1. The molecule has 4 heterocycles. The fourth-order valence-corrected chi connectivity index (χ4v) is 5.42. The SMILES string of the molecule is CNC(=O)[C@@H]1CN([C@H](C)c2cnc(C(F)(F)F)cn2)C(=O)c2c3c(nn21)C[C@@H](C)N(C(=O)c1ccc(Cl)c(Cl)c1)C3. The van der Waals surface area contributed by atoms with Gasteiger partial charge in [-0.05, 0) is 32.0 Å². The van der Waals surface area contributed by atoms with Crippen LogP contribution < -0.4 is 5.32 Å². The van der Waals surface area contributed by atoms with Gasteiger partial charge in [-0.1, -0.05) is 23.2 Å². The number of carbonyl (C=O) groups is 3. The van der Waals surface area contributed by atoms with Crippen molar-refractivity contribution in [1.82, 2.24) is 34.9 Å². The molecule has 0 saturated carbocycles. The van der Waals surface area contributed by atoms with E-state index in [4.69, 9.17) is 23.2 Å². The molecule has 3 aromatic rings. The van der Waals surface area contributed by atoms with Crippen LogP contribution in [0.15, 0.2) is 30.6 Å². The minimum absolute atomic E-state index is 0.0411. The Kier molecular flexibility index (Phi) is 7.45. The van der Waals surface area contributed by atoms with Crippen LogP contribution in [-0.4, -0.2) is 66.9 Å². The number of carbonyl (C=O) groups excluding carboxylic acids is 3. The fourth-order valence-electron chi connectivity index (χ4n) is 5.12. The van der Waals surface area contributed by atoms with Crippen LogP contribution in [0.5, 0.6) is 0 Å². The van der Waals surface area contributed by atoms with Gasteiger partial charge in [0.15, 0.2) is 5.69 Å². The maximum Gasteiger partial charge on any atom is 0.434 e. The molecule has 1 N–H and O–H groups in total. The van der Waals surface area contributed by atoms with Gasteiger partial charge in [-0.25, -0.2) is 9.67 Å². The Morgan fingerprint density at radius 3 is 2.49 bits per heavy atom. The van der Waals surface area contributed by atoms with Crippen molar-refractivity contribution in [1.29, 1.82) is 0 Å². The first-order valence-corrected chi connectivity index (χ1v) is 13.3. The van der Waals surface area contributed by atoms with Crippen molar-refractivity contribution in [2.24, 2.45) is 0 Å². The predicted molar refractivity (Wildman–Crippen MR) is 141 cm³/mol. The molecule has 0 saturated heterocycles. The summed E-state index contributed by atoms with van der Waals surface area (Å²) >= 11 is 12.1. The van der Waals surface area contributed by atoms with E-state index in [1.807, 2.05) is 6.92 Å². The highest BCUT2D eigenvalue weighted by Crippen LogP contribution is 2.36. The number of nitrogens with zero attached hydrogens (tertiary/aromatic N) is 6. The second-order valence-corrected chi connectivity index (χ2v) is 10.7. The molecule has 15 heteroatoms. The molecule has 0 unspecified atom stereocenters. The van der Waals surface area contributed by atoms with Gasteiger partial charge in [-0.2, -0.15) is 18.3 Å². The van der Waals surface area contributed by atoms with E-state index in [2.05, 4.69) is 20.4 Å². The molecule has 0 aliphatic carbocycles. The quantitative estimate of drug-likeness (QED) is 0.477. The number of nitrogens with one attached hydrogen (secondary N) is 1. The maximum absolute atomic E-state index is 13.9. The van der Waals surface area contributed by atoms with Crippen LogP contribution in [0, 0.1) is 0 Å². The topological polar surface area (TPSA) is 113 Å². The van der Waals surface area contributed by atoms with Gasteiger partial charge in [0.1, 0.15) is 11.7 Å². The van der Waals surface area contributed by atoms with E-state index in [0.29, 0.717) is 34.5 Å². The van der Waals surface area contributed by atoms with Crippen molar-refractivity contribution in [3.05, 3.63) is 74.5 Å². The van der Waals surface area contributed by atoms with Crippen molar-refractivity contribution in [3.63, 3.8) is 0 Å². The summed E-state index contributed by atoms with van der Waals surface area (Å²) in [6, 6.07) is 2.54. The normalized spacial score (nSPS) is 19.5. The second-order valence-electron chi connectivity index (χ2n) is 9.92. The maximum atomic E-state index is 13.9. The highest BCUT2D eigenvalue weighted by molar-refractivity contribution is 6.42. The molecule has 10 nitrogen and oxygen atoms in total. The smallest absolute Gasteiger partial charge is 0.357 e. The molecular weight excluding hydrogens is 586 g/mol. The largest absolute Gasteiger partial charge is 0.434 e. The summed E-state index contributed by atoms with van der Waals surface area (Å²) in [5.74, 6) is -1.23. The number of hydrogen-bond acceptors (Lipinski definition) is 6. The molecule has 41 heavy (non-hydrogen) atoms. The zero-order chi connectivity index (χ0) is 29.8. The molecule has 3 amide bonds. The highest BCUT2D eigenvalue weighted by atomic mass is 35.5. The minimum Gasteiger partial charge on any atom is -0.357 e. The molecule has 2 aromatic heterocycles. The summed E-state index contributed by atoms with van der Waals surface area (Å²) in [6.07, 6.45) is -2.76. The summed E-state index contributed by atoms with van der Waals surface area (Å²) in [7, 11) is 1.46. The second kappa shape index (κ2) is 10.6.